The van der Waals surface area contributed by atoms with Crippen molar-refractivity contribution in [1.29, 1.82) is 0 Å². The first kappa shape index (κ1) is 14.2. The van der Waals surface area contributed by atoms with Crippen LogP contribution in [0.5, 0.6) is 0 Å². The van der Waals surface area contributed by atoms with Gasteiger partial charge in [-0.05, 0) is 35.6 Å². The van der Waals surface area contributed by atoms with E-state index in [2.05, 4.69) is 39.0 Å². The van der Waals surface area contributed by atoms with Gasteiger partial charge in [-0.25, -0.2) is 0 Å². The van der Waals surface area contributed by atoms with Crippen LogP contribution >= 0.6 is 11.6 Å². The molecule has 1 heterocycles. The first-order valence-electron chi connectivity index (χ1n) is 7.03. The molecular formula is C17H21ClO. The topological polar surface area (TPSA) is 13.1 Å². The molecule has 0 amide bonds. The molecule has 0 bridgehead atoms. The number of furan rings is 1. The Kier molecular flexibility index (Phi) is 4.71. The van der Waals surface area contributed by atoms with Gasteiger partial charge in [-0.2, -0.15) is 0 Å². The summed E-state index contributed by atoms with van der Waals surface area (Å²) in [5.74, 6) is 0.990. The number of alkyl halides is 1. The molecule has 0 aliphatic heterocycles. The molecule has 2 aromatic rings. The first-order chi connectivity index (χ1) is 9.21. The molecule has 2 heteroatoms. The van der Waals surface area contributed by atoms with E-state index in [-0.39, 0.29) is 5.38 Å². The van der Waals surface area contributed by atoms with Crippen molar-refractivity contribution in [2.24, 2.45) is 0 Å². The van der Waals surface area contributed by atoms with Gasteiger partial charge in [-0.15, -0.1) is 11.6 Å². The van der Waals surface area contributed by atoms with E-state index in [4.69, 9.17) is 16.0 Å². The third-order valence-electron chi connectivity index (χ3n) is 3.65. The van der Waals surface area contributed by atoms with Gasteiger partial charge in [0.1, 0.15) is 5.76 Å². The molecule has 19 heavy (non-hydrogen) atoms. The quantitative estimate of drug-likeness (QED) is 0.676. The van der Waals surface area contributed by atoms with Gasteiger partial charge in [-0.1, -0.05) is 39.0 Å². The first-order valence-corrected chi connectivity index (χ1v) is 7.46. The van der Waals surface area contributed by atoms with Crippen LogP contribution < -0.4 is 0 Å². The highest BCUT2D eigenvalue weighted by atomic mass is 35.5. The highest BCUT2D eigenvalue weighted by molar-refractivity contribution is 6.22. The van der Waals surface area contributed by atoms with Crippen molar-refractivity contribution in [3.05, 3.63) is 58.5 Å². The Morgan fingerprint density at radius 2 is 1.79 bits per heavy atom. The summed E-state index contributed by atoms with van der Waals surface area (Å²) in [4.78, 5) is 0. The second-order valence-corrected chi connectivity index (χ2v) is 5.19. The summed E-state index contributed by atoms with van der Waals surface area (Å²) in [5.41, 5.74) is 4.98. The van der Waals surface area contributed by atoms with E-state index in [1.165, 1.54) is 16.7 Å². The van der Waals surface area contributed by atoms with Crippen LogP contribution in [0.25, 0.3) is 0 Å². The Bertz CT molecular complexity index is 542. The molecule has 0 N–H and O–H groups in total. The van der Waals surface area contributed by atoms with Crippen molar-refractivity contribution in [3.8, 4) is 0 Å². The molecular weight excluding hydrogens is 256 g/mol. The van der Waals surface area contributed by atoms with E-state index in [9.17, 15) is 0 Å². The highest BCUT2D eigenvalue weighted by Gasteiger charge is 2.19. The maximum absolute atomic E-state index is 6.71. The smallest absolute Gasteiger partial charge is 0.108 e. The minimum Gasteiger partial charge on any atom is -0.469 e. The lowest BCUT2D eigenvalue weighted by molar-refractivity contribution is 0.511. The molecule has 1 nitrogen and oxygen atoms in total. The number of hydrogen-bond acceptors (Lipinski definition) is 1. The van der Waals surface area contributed by atoms with Gasteiger partial charge in [0, 0.05) is 12.0 Å². The number of benzene rings is 1. The molecule has 1 unspecified atom stereocenters. The van der Waals surface area contributed by atoms with Crippen LogP contribution in [0.15, 0.2) is 34.9 Å². The molecule has 102 valence electrons. The lowest BCUT2D eigenvalue weighted by Crippen LogP contribution is -2.01. The molecule has 0 saturated carbocycles. The van der Waals surface area contributed by atoms with Crippen molar-refractivity contribution < 1.29 is 4.42 Å². The lowest BCUT2D eigenvalue weighted by atomic mass is 9.95. The average Bonchev–Trinajstić information content (AvgIpc) is 2.94. The Morgan fingerprint density at radius 3 is 2.42 bits per heavy atom. The minimum absolute atomic E-state index is 0.116. The zero-order valence-corrected chi connectivity index (χ0v) is 12.6. The molecule has 0 fully saturated rings. The van der Waals surface area contributed by atoms with E-state index in [1.807, 2.05) is 6.07 Å². The molecule has 0 aliphatic rings. The zero-order valence-electron chi connectivity index (χ0n) is 11.9. The predicted molar refractivity (Wildman–Crippen MR) is 81.0 cm³/mol. The van der Waals surface area contributed by atoms with Gasteiger partial charge in [0.15, 0.2) is 0 Å². The van der Waals surface area contributed by atoms with E-state index < -0.39 is 0 Å². The lowest BCUT2D eigenvalue weighted by Gasteiger charge is -2.15. The van der Waals surface area contributed by atoms with Crippen LogP contribution in [0.2, 0.25) is 0 Å². The van der Waals surface area contributed by atoms with E-state index in [1.54, 1.807) is 6.26 Å². The second-order valence-electron chi connectivity index (χ2n) is 4.76. The largest absolute Gasteiger partial charge is 0.469 e. The van der Waals surface area contributed by atoms with Crippen molar-refractivity contribution in [2.75, 3.05) is 0 Å². The predicted octanol–water partition coefficient (Wildman–Crippen LogP) is 5.30. The molecule has 0 radical (unpaired) electrons. The van der Waals surface area contributed by atoms with Gasteiger partial charge in [-0.3, -0.25) is 0 Å². The molecule has 0 aliphatic carbocycles. The molecule has 0 saturated heterocycles. The number of aryl methyl sites for hydroxylation is 3. The van der Waals surface area contributed by atoms with Crippen molar-refractivity contribution >= 4 is 11.6 Å². The molecule has 2 rings (SSSR count). The van der Waals surface area contributed by atoms with Gasteiger partial charge in [0.05, 0.1) is 11.6 Å². The summed E-state index contributed by atoms with van der Waals surface area (Å²) < 4.78 is 5.50. The molecule has 1 atom stereocenters. The fourth-order valence-corrected chi connectivity index (χ4v) is 2.85. The van der Waals surface area contributed by atoms with E-state index in [0.29, 0.717) is 0 Å². The fraction of sp³-hybridized carbons (Fsp3) is 0.412. The third-order valence-corrected chi connectivity index (χ3v) is 4.12. The van der Waals surface area contributed by atoms with Crippen LogP contribution in [0.4, 0.5) is 0 Å². The van der Waals surface area contributed by atoms with Crippen molar-refractivity contribution in [2.45, 2.75) is 45.4 Å². The van der Waals surface area contributed by atoms with Gasteiger partial charge >= 0.3 is 0 Å². The van der Waals surface area contributed by atoms with Crippen LogP contribution in [0.1, 0.15) is 54.2 Å². The van der Waals surface area contributed by atoms with Crippen molar-refractivity contribution in [1.82, 2.24) is 0 Å². The zero-order chi connectivity index (χ0) is 13.8. The number of hydrogen-bond donors (Lipinski definition) is 0. The summed E-state index contributed by atoms with van der Waals surface area (Å²) >= 11 is 6.71. The van der Waals surface area contributed by atoms with Crippen LogP contribution in [-0.2, 0) is 19.3 Å². The maximum atomic E-state index is 6.71. The third kappa shape index (κ3) is 2.87. The number of rotatable bonds is 5. The Hall–Kier alpha value is -1.21. The minimum atomic E-state index is -0.116. The standard InChI is InChI=1S/C17H21ClO/c1-4-12-7-8-13(5-2)15(11-12)17(18)14-9-10-19-16(14)6-3/h7-11,17H,4-6H2,1-3H3. The average molecular weight is 277 g/mol. The van der Waals surface area contributed by atoms with Gasteiger partial charge in [0.25, 0.3) is 0 Å². The summed E-state index contributed by atoms with van der Waals surface area (Å²) in [6.07, 6.45) is 4.65. The second kappa shape index (κ2) is 6.29. The molecule has 1 aromatic heterocycles. The Balaban J connectivity index is 2.45. The molecule has 0 spiro atoms. The maximum Gasteiger partial charge on any atom is 0.108 e. The van der Waals surface area contributed by atoms with E-state index in [0.717, 1.165) is 30.6 Å². The van der Waals surface area contributed by atoms with Gasteiger partial charge < -0.3 is 4.42 Å². The van der Waals surface area contributed by atoms with E-state index >= 15 is 0 Å². The Morgan fingerprint density at radius 1 is 1.00 bits per heavy atom. The SMILES string of the molecule is CCc1ccc(CC)c(C(Cl)c2ccoc2CC)c1. The highest BCUT2D eigenvalue weighted by Crippen LogP contribution is 2.35. The fourth-order valence-electron chi connectivity index (χ4n) is 2.45. The summed E-state index contributed by atoms with van der Waals surface area (Å²) in [7, 11) is 0. The summed E-state index contributed by atoms with van der Waals surface area (Å²) in [6, 6.07) is 8.63. The summed E-state index contributed by atoms with van der Waals surface area (Å²) in [5, 5.41) is -0.116. The van der Waals surface area contributed by atoms with Crippen LogP contribution in [-0.4, -0.2) is 0 Å². The van der Waals surface area contributed by atoms with Crippen LogP contribution in [0.3, 0.4) is 0 Å². The van der Waals surface area contributed by atoms with Crippen molar-refractivity contribution in [3.63, 3.8) is 0 Å². The molecule has 1 aromatic carbocycles. The van der Waals surface area contributed by atoms with Gasteiger partial charge in [0.2, 0.25) is 0 Å². The summed E-state index contributed by atoms with van der Waals surface area (Å²) in [6.45, 7) is 6.43. The Labute approximate surface area is 120 Å². The van der Waals surface area contributed by atoms with Crippen LogP contribution in [0, 0.1) is 0 Å². The normalized spacial score (nSPS) is 12.6. The monoisotopic (exact) mass is 276 g/mol. The number of halogens is 1.